The van der Waals surface area contributed by atoms with Crippen LogP contribution in [0.1, 0.15) is 64.2 Å². The van der Waals surface area contributed by atoms with E-state index < -0.39 is 0 Å². The van der Waals surface area contributed by atoms with E-state index in [-0.39, 0.29) is 0 Å². The summed E-state index contributed by atoms with van der Waals surface area (Å²) in [6.45, 7) is 0.307. The molecule has 0 amide bonds. The van der Waals surface area contributed by atoms with Crippen molar-refractivity contribution < 1.29 is 9.90 Å². The molecule has 0 heterocycles. The number of carbonyl (C=O) groups is 1. The minimum absolute atomic E-state index is 0.307. The number of rotatable bonds is 8. The van der Waals surface area contributed by atoms with E-state index in [9.17, 15) is 4.79 Å². The highest BCUT2D eigenvalue weighted by molar-refractivity contribution is 5.81. The third kappa shape index (κ3) is 5.31. The standard InChI is InChI=1S/C13H24O2/c14-11-7-3-1-2-4-10-13(15)12-8-5-6-9-12/h12,14H,1-11H2. The highest BCUT2D eigenvalue weighted by atomic mass is 16.2. The van der Waals surface area contributed by atoms with E-state index in [0.717, 1.165) is 44.9 Å². The van der Waals surface area contributed by atoms with Gasteiger partial charge in [0.15, 0.2) is 0 Å². The molecular formula is C13H24O2. The largest absolute Gasteiger partial charge is 0.396 e. The first-order valence-corrected chi connectivity index (χ1v) is 6.48. The van der Waals surface area contributed by atoms with Gasteiger partial charge in [0.05, 0.1) is 0 Å². The molecule has 1 aliphatic rings. The van der Waals surface area contributed by atoms with Crippen molar-refractivity contribution in [3.63, 3.8) is 0 Å². The number of carbonyl (C=O) groups excluding carboxylic acids is 1. The van der Waals surface area contributed by atoms with Crippen LogP contribution in [-0.2, 0) is 4.79 Å². The molecule has 1 saturated carbocycles. The predicted octanol–water partition coefficient (Wildman–Crippen LogP) is 3.08. The van der Waals surface area contributed by atoms with Crippen LogP contribution in [0, 0.1) is 5.92 Å². The zero-order valence-corrected chi connectivity index (χ0v) is 9.71. The number of aliphatic hydroxyl groups excluding tert-OH is 1. The second-order valence-electron chi connectivity index (χ2n) is 4.69. The van der Waals surface area contributed by atoms with Gasteiger partial charge in [-0.1, -0.05) is 32.1 Å². The van der Waals surface area contributed by atoms with Gasteiger partial charge in [0.2, 0.25) is 0 Å². The first-order chi connectivity index (χ1) is 7.34. The van der Waals surface area contributed by atoms with Gasteiger partial charge in [-0.05, 0) is 25.7 Å². The maximum atomic E-state index is 11.7. The highest BCUT2D eigenvalue weighted by Gasteiger charge is 2.21. The fourth-order valence-corrected chi connectivity index (χ4v) is 2.39. The van der Waals surface area contributed by atoms with Gasteiger partial charge in [-0.3, -0.25) is 4.79 Å². The summed E-state index contributed by atoms with van der Waals surface area (Å²) in [6, 6.07) is 0. The van der Waals surface area contributed by atoms with Crippen molar-refractivity contribution >= 4 is 5.78 Å². The first-order valence-electron chi connectivity index (χ1n) is 6.48. The van der Waals surface area contributed by atoms with Crippen molar-refractivity contribution in [2.45, 2.75) is 64.2 Å². The van der Waals surface area contributed by atoms with Gasteiger partial charge in [-0.25, -0.2) is 0 Å². The van der Waals surface area contributed by atoms with Crippen LogP contribution in [0.15, 0.2) is 0 Å². The molecular weight excluding hydrogens is 188 g/mol. The molecule has 0 aromatic rings. The number of Topliss-reactive ketones (excluding diaryl/α,β-unsaturated/α-hetero) is 1. The van der Waals surface area contributed by atoms with Crippen LogP contribution in [-0.4, -0.2) is 17.5 Å². The molecule has 1 N–H and O–H groups in total. The SMILES string of the molecule is O=C(CCCCCCCO)C1CCCC1. The molecule has 2 nitrogen and oxygen atoms in total. The summed E-state index contributed by atoms with van der Waals surface area (Å²) in [6.07, 6.45) is 11.0. The summed E-state index contributed by atoms with van der Waals surface area (Å²) >= 11 is 0. The third-order valence-corrected chi connectivity index (χ3v) is 3.39. The topological polar surface area (TPSA) is 37.3 Å². The van der Waals surface area contributed by atoms with E-state index in [0.29, 0.717) is 18.3 Å². The lowest BCUT2D eigenvalue weighted by atomic mass is 9.97. The second-order valence-corrected chi connectivity index (χ2v) is 4.69. The monoisotopic (exact) mass is 212 g/mol. The number of aliphatic hydroxyl groups is 1. The Kier molecular flexibility index (Phi) is 6.66. The first kappa shape index (κ1) is 12.7. The molecule has 0 atom stereocenters. The lowest BCUT2D eigenvalue weighted by Gasteiger charge is -2.07. The Labute approximate surface area is 93.1 Å². The van der Waals surface area contributed by atoms with E-state index >= 15 is 0 Å². The van der Waals surface area contributed by atoms with Crippen LogP contribution in [0.2, 0.25) is 0 Å². The van der Waals surface area contributed by atoms with Gasteiger partial charge in [-0.2, -0.15) is 0 Å². The molecule has 0 aromatic heterocycles. The van der Waals surface area contributed by atoms with Crippen LogP contribution >= 0.6 is 0 Å². The molecule has 0 spiro atoms. The third-order valence-electron chi connectivity index (χ3n) is 3.39. The lowest BCUT2D eigenvalue weighted by molar-refractivity contribution is -0.122. The molecule has 0 radical (unpaired) electrons. The van der Waals surface area contributed by atoms with Crippen molar-refractivity contribution in [1.29, 1.82) is 0 Å². The Morgan fingerprint density at radius 3 is 2.27 bits per heavy atom. The number of hydrogen-bond donors (Lipinski definition) is 1. The van der Waals surface area contributed by atoms with Crippen LogP contribution < -0.4 is 0 Å². The molecule has 1 fully saturated rings. The van der Waals surface area contributed by atoms with Gasteiger partial charge >= 0.3 is 0 Å². The van der Waals surface area contributed by atoms with Crippen molar-refractivity contribution in [2.75, 3.05) is 6.61 Å². The van der Waals surface area contributed by atoms with E-state index in [2.05, 4.69) is 0 Å². The summed E-state index contributed by atoms with van der Waals surface area (Å²) < 4.78 is 0. The van der Waals surface area contributed by atoms with Crippen LogP contribution in [0.25, 0.3) is 0 Å². The molecule has 2 heteroatoms. The molecule has 88 valence electrons. The van der Waals surface area contributed by atoms with Crippen molar-refractivity contribution in [3.8, 4) is 0 Å². The number of unbranched alkanes of at least 4 members (excludes halogenated alkanes) is 4. The van der Waals surface area contributed by atoms with Crippen molar-refractivity contribution in [2.24, 2.45) is 5.92 Å². The molecule has 15 heavy (non-hydrogen) atoms. The molecule has 1 aliphatic carbocycles. The molecule has 0 aliphatic heterocycles. The molecule has 0 unspecified atom stereocenters. The Balaban J connectivity index is 1.92. The molecule has 0 aromatic carbocycles. The van der Waals surface area contributed by atoms with E-state index in [1.54, 1.807) is 0 Å². The molecule has 0 bridgehead atoms. The van der Waals surface area contributed by atoms with Gasteiger partial charge in [0.1, 0.15) is 5.78 Å². The maximum absolute atomic E-state index is 11.7. The molecule has 1 rings (SSSR count). The minimum atomic E-state index is 0.307. The highest BCUT2D eigenvalue weighted by Crippen LogP contribution is 2.27. The van der Waals surface area contributed by atoms with E-state index in [4.69, 9.17) is 5.11 Å². The van der Waals surface area contributed by atoms with E-state index in [1.807, 2.05) is 0 Å². The van der Waals surface area contributed by atoms with Gasteiger partial charge in [-0.15, -0.1) is 0 Å². The average Bonchev–Trinajstić information content (AvgIpc) is 2.76. The summed E-state index contributed by atoms with van der Waals surface area (Å²) in [5.74, 6) is 0.914. The zero-order chi connectivity index (χ0) is 10.9. The van der Waals surface area contributed by atoms with Gasteiger partial charge in [0, 0.05) is 18.9 Å². The van der Waals surface area contributed by atoms with E-state index in [1.165, 1.54) is 19.3 Å². The van der Waals surface area contributed by atoms with Gasteiger partial charge < -0.3 is 5.11 Å². The van der Waals surface area contributed by atoms with Crippen LogP contribution in [0.5, 0.6) is 0 Å². The zero-order valence-electron chi connectivity index (χ0n) is 9.71. The normalized spacial score (nSPS) is 17.1. The lowest BCUT2D eigenvalue weighted by Crippen LogP contribution is -2.09. The second kappa shape index (κ2) is 7.86. The number of ketones is 1. The maximum Gasteiger partial charge on any atom is 0.135 e. The summed E-state index contributed by atoms with van der Waals surface area (Å²) in [4.78, 5) is 11.7. The smallest absolute Gasteiger partial charge is 0.135 e. The Morgan fingerprint density at radius 1 is 1.00 bits per heavy atom. The Morgan fingerprint density at radius 2 is 1.60 bits per heavy atom. The van der Waals surface area contributed by atoms with Crippen LogP contribution in [0.4, 0.5) is 0 Å². The Hall–Kier alpha value is -0.370. The fourth-order valence-electron chi connectivity index (χ4n) is 2.39. The molecule has 0 saturated heterocycles. The fraction of sp³-hybridized carbons (Fsp3) is 0.923. The summed E-state index contributed by atoms with van der Waals surface area (Å²) in [5, 5.41) is 8.60. The Bertz CT molecular complexity index is 171. The summed E-state index contributed by atoms with van der Waals surface area (Å²) in [7, 11) is 0. The van der Waals surface area contributed by atoms with Crippen LogP contribution in [0.3, 0.4) is 0 Å². The van der Waals surface area contributed by atoms with Crippen molar-refractivity contribution in [3.05, 3.63) is 0 Å². The number of hydrogen-bond acceptors (Lipinski definition) is 2. The predicted molar refractivity (Wildman–Crippen MR) is 61.8 cm³/mol. The van der Waals surface area contributed by atoms with Crippen molar-refractivity contribution in [1.82, 2.24) is 0 Å². The van der Waals surface area contributed by atoms with Gasteiger partial charge in [0.25, 0.3) is 0 Å². The minimum Gasteiger partial charge on any atom is -0.396 e. The summed E-state index contributed by atoms with van der Waals surface area (Å²) in [5.41, 5.74) is 0. The average molecular weight is 212 g/mol. The quantitative estimate of drug-likeness (QED) is 0.628.